The number of rotatable bonds is 4. The first-order valence-corrected chi connectivity index (χ1v) is 5.55. The lowest BCUT2D eigenvalue weighted by Crippen LogP contribution is -2.35. The summed E-state index contributed by atoms with van der Waals surface area (Å²) in [5, 5.41) is 2.86. The molecule has 0 aliphatic heterocycles. The van der Waals surface area contributed by atoms with Crippen molar-refractivity contribution in [1.82, 2.24) is 5.32 Å². The van der Waals surface area contributed by atoms with Crippen molar-refractivity contribution >= 4 is 17.5 Å². The normalized spacial score (nSPS) is 12.5. The molecule has 0 aromatic carbocycles. The van der Waals surface area contributed by atoms with E-state index >= 15 is 0 Å². The lowest BCUT2D eigenvalue weighted by atomic mass is 10.2. The second-order valence-electron chi connectivity index (χ2n) is 3.56. The van der Waals surface area contributed by atoms with E-state index in [-0.39, 0.29) is 11.9 Å². The van der Waals surface area contributed by atoms with E-state index in [1.54, 1.807) is 13.0 Å². The van der Waals surface area contributed by atoms with Crippen LogP contribution in [0.3, 0.4) is 0 Å². The van der Waals surface area contributed by atoms with E-state index in [0.717, 1.165) is 12.2 Å². The lowest BCUT2D eigenvalue weighted by molar-refractivity contribution is 0.0938. The van der Waals surface area contributed by atoms with E-state index in [1.807, 2.05) is 13.8 Å². The van der Waals surface area contributed by atoms with Crippen LogP contribution < -0.4 is 5.32 Å². The fraction of sp³-hybridized carbons (Fsp3) is 0.545. The molecule has 0 aliphatic carbocycles. The van der Waals surface area contributed by atoms with Gasteiger partial charge in [0.05, 0.1) is 5.56 Å². The zero-order valence-corrected chi connectivity index (χ0v) is 10.0. The molecule has 1 aromatic heterocycles. The minimum atomic E-state index is -0.114. The smallest absolute Gasteiger partial charge is 0.255 e. The number of carbonyl (C=O) groups is 1. The number of carbonyl (C=O) groups excluding carboxylic acids is 1. The highest BCUT2D eigenvalue weighted by molar-refractivity contribution is 6.18. The van der Waals surface area contributed by atoms with Crippen LogP contribution >= 0.6 is 11.6 Å². The maximum absolute atomic E-state index is 11.8. The molecule has 0 fully saturated rings. The summed E-state index contributed by atoms with van der Waals surface area (Å²) in [6.45, 7) is 5.59. The number of hydrogen-bond acceptors (Lipinski definition) is 2. The van der Waals surface area contributed by atoms with Crippen molar-refractivity contribution in [2.45, 2.75) is 33.2 Å². The number of hydrogen-bond donors (Lipinski definition) is 1. The highest BCUT2D eigenvalue weighted by Gasteiger charge is 2.16. The Bertz CT molecular complexity index is 342. The SMILES string of the molecule is CCC(CCl)NC(=O)c1cc(C)oc1C. The molecular formula is C11H16ClNO2. The number of nitrogens with one attached hydrogen (secondary N) is 1. The van der Waals surface area contributed by atoms with Crippen LogP contribution in [0, 0.1) is 13.8 Å². The molecule has 3 nitrogen and oxygen atoms in total. The molecular weight excluding hydrogens is 214 g/mol. The first-order chi connectivity index (χ1) is 7.08. The molecule has 1 unspecified atom stereocenters. The molecule has 0 radical (unpaired) electrons. The molecule has 0 aliphatic rings. The van der Waals surface area contributed by atoms with Gasteiger partial charge in [-0.3, -0.25) is 4.79 Å². The van der Waals surface area contributed by atoms with Gasteiger partial charge in [0.25, 0.3) is 5.91 Å². The third-order valence-electron chi connectivity index (χ3n) is 2.30. The summed E-state index contributed by atoms with van der Waals surface area (Å²) in [6.07, 6.45) is 0.825. The van der Waals surface area contributed by atoms with Gasteiger partial charge in [-0.05, 0) is 26.3 Å². The Kier molecular flexibility index (Phi) is 4.21. The minimum absolute atomic E-state index is 0.0220. The molecule has 0 saturated heterocycles. The van der Waals surface area contributed by atoms with Gasteiger partial charge < -0.3 is 9.73 Å². The van der Waals surface area contributed by atoms with Gasteiger partial charge in [-0.2, -0.15) is 0 Å². The first-order valence-electron chi connectivity index (χ1n) is 5.02. The summed E-state index contributed by atoms with van der Waals surface area (Å²) in [4.78, 5) is 11.8. The average molecular weight is 230 g/mol. The average Bonchev–Trinajstić information content (AvgIpc) is 2.54. The van der Waals surface area contributed by atoms with Gasteiger partial charge in [-0.25, -0.2) is 0 Å². The Labute approximate surface area is 94.8 Å². The monoisotopic (exact) mass is 229 g/mol. The summed E-state index contributed by atoms with van der Waals surface area (Å²) in [5.41, 5.74) is 0.594. The highest BCUT2D eigenvalue weighted by Crippen LogP contribution is 2.13. The van der Waals surface area contributed by atoms with Gasteiger partial charge in [0.1, 0.15) is 11.5 Å². The van der Waals surface area contributed by atoms with Crippen molar-refractivity contribution in [2.24, 2.45) is 0 Å². The van der Waals surface area contributed by atoms with Crippen LogP contribution in [-0.2, 0) is 0 Å². The molecule has 15 heavy (non-hydrogen) atoms. The van der Waals surface area contributed by atoms with E-state index in [2.05, 4.69) is 5.32 Å². The molecule has 1 aromatic rings. The molecule has 4 heteroatoms. The van der Waals surface area contributed by atoms with E-state index in [9.17, 15) is 4.79 Å². The molecule has 0 saturated carbocycles. The lowest BCUT2D eigenvalue weighted by Gasteiger charge is -2.12. The first kappa shape index (κ1) is 12.1. The predicted molar refractivity (Wildman–Crippen MR) is 60.4 cm³/mol. The molecule has 1 atom stereocenters. The van der Waals surface area contributed by atoms with Gasteiger partial charge in [0, 0.05) is 11.9 Å². The van der Waals surface area contributed by atoms with Crippen LogP contribution in [0.4, 0.5) is 0 Å². The van der Waals surface area contributed by atoms with Crippen molar-refractivity contribution < 1.29 is 9.21 Å². The van der Waals surface area contributed by atoms with Gasteiger partial charge >= 0.3 is 0 Å². The van der Waals surface area contributed by atoms with Crippen LogP contribution in [-0.4, -0.2) is 17.8 Å². The fourth-order valence-electron chi connectivity index (χ4n) is 1.37. The Morgan fingerprint density at radius 3 is 2.67 bits per heavy atom. The second kappa shape index (κ2) is 5.21. The van der Waals surface area contributed by atoms with Gasteiger partial charge in [0.15, 0.2) is 0 Å². The fourth-order valence-corrected chi connectivity index (χ4v) is 1.66. The molecule has 0 bridgehead atoms. The Balaban J connectivity index is 2.72. The summed E-state index contributed by atoms with van der Waals surface area (Å²) in [5.74, 6) is 1.71. The molecule has 1 amide bonds. The van der Waals surface area contributed by atoms with Crippen LogP contribution in [0.5, 0.6) is 0 Å². The van der Waals surface area contributed by atoms with Crippen LogP contribution in [0.15, 0.2) is 10.5 Å². The summed E-state index contributed by atoms with van der Waals surface area (Å²) in [7, 11) is 0. The maximum Gasteiger partial charge on any atom is 0.255 e. The molecule has 84 valence electrons. The van der Waals surface area contributed by atoms with E-state index in [1.165, 1.54) is 0 Å². The number of furan rings is 1. The van der Waals surface area contributed by atoms with E-state index in [4.69, 9.17) is 16.0 Å². The van der Waals surface area contributed by atoms with Crippen LogP contribution in [0.2, 0.25) is 0 Å². The number of alkyl halides is 1. The van der Waals surface area contributed by atoms with Crippen LogP contribution in [0.25, 0.3) is 0 Å². The maximum atomic E-state index is 11.8. The molecule has 1 heterocycles. The number of amides is 1. The van der Waals surface area contributed by atoms with Crippen molar-refractivity contribution in [2.75, 3.05) is 5.88 Å². The molecule has 1 N–H and O–H groups in total. The second-order valence-corrected chi connectivity index (χ2v) is 3.87. The zero-order valence-electron chi connectivity index (χ0n) is 9.26. The Morgan fingerprint density at radius 1 is 1.60 bits per heavy atom. The summed E-state index contributed by atoms with van der Waals surface area (Å²) in [6, 6.07) is 1.76. The summed E-state index contributed by atoms with van der Waals surface area (Å²) >= 11 is 5.71. The van der Waals surface area contributed by atoms with Gasteiger partial charge in [-0.1, -0.05) is 6.92 Å². The zero-order chi connectivity index (χ0) is 11.4. The van der Waals surface area contributed by atoms with E-state index < -0.39 is 0 Å². The standard InChI is InChI=1S/C11H16ClNO2/c1-4-9(6-12)13-11(14)10-5-7(2)15-8(10)3/h5,9H,4,6H2,1-3H3,(H,13,14). The quantitative estimate of drug-likeness (QED) is 0.807. The third-order valence-corrected chi connectivity index (χ3v) is 2.67. The van der Waals surface area contributed by atoms with Crippen molar-refractivity contribution in [3.05, 3.63) is 23.2 Å². The van der Waals surface area contributed by atoms with Crippen molar-refractivity contribution in [3.8, 4) is 0 Å². The topological polar surface area (TPSA) is 42.2 Å². The minimum Gasteiger partial charge on any atom is -0.466 e. The Morgan fingerprint density at radius 2 is 2.27 bits per heavy atom. The number of halogens is 1. The molecule has 0 spiro atoms. The summed E-state index contributed by atoms with van der Waals surface area (Å²) < 4.78 is 5.29. The van der Waals surface area contributed by atoms with Crippen LogP contribution in [0.1, 0.15) is 35.2 Å². The van der Waals surface area contributed by atoms with E-state index in [0.29, 0.717) is 17.2 Å². The predicted octanol–water partition coefficient (Wildman–Crippen LogP) is 2.64. The number of aryl methyl sites for hydroxylation is 2. The third kappa shape index (κ3) is 2.99. The largest absolute Gasteiger partial charge is 0.466 e. The van der Waals surface area contributed by atoms with Crippen molar-refractivity contribution in [3.63, 3.8) is 0 Å². The highest BCUT2D eigenvalue weighted by atomic mass is 35.5. The molecule has 1 rings (SSSR count). The van der Waals surface area contributed by atoms with Gasteiger partial charge in [0.2, 0.25) is 0 Å². The Hall–Kier alpha value is -0.960. The van der Waals surface area contributed by atoms with Gasteiger partial charge in [-0.15, -0.1) is 11.6 Å². The van der Waals surface area contributed by atoms with Crippen molar-refractivity contribution in [1.29, 1.82) is 0 Å².